The van der Waals surface area contributed by atoms with Crippen molar-refractivity contribution in [1.82, 2.24) is 9.78 Å². The molecule has 6 heteroatoms. The van der Waals surface area contributed by atoms with Crippen LogP contribution in [0.15, 0.2) is 24.3 Å². The number of ketones is 1. The number of aromatic nitrogens is 2. The maximum atomic E-state index is 12.1. The summed E-state index contributed by atoms with van der Waals surface area (Å²) in [7, 11) is 0. The summed E-state index contributed by atoms with van der Waals surface area (Å²) in [5.74, 6) is -0.516. The average molecular weight is 305 g/mol. The lowest BCUT2D eigenvalue weighted by Gasteiger charge is -2.05. The van der Waals surface area contributed by atoms with E-state index in [9.17, 15) is 9.59 Å². The van der Waals surface area contributed by atoms with E-state index >= 15 is 0 Å². The van der Waals surface area contributed by atoms with Crippen molar-refractivity contribution < 1.29 is 14.3 Å². The van der Waals surface area contributed by atoms with Gasteiger partial charge in [-0.15, -0.1) is 0 Å². The number of hydrogen-bond donors (Lipinski definition) is 0. The van der Waals surface area contributed by atoms with E-state index in [1.54, 1.807) is 31.2 Å². The van der Waals surface area contributed by atoms with Crippen LogP contribution < -0.4 is 0 Å². The second-order valence-corrected chi connectivity index (χ2v) is 5.15. The molecule has 0 atom stereocenters. The zero-order valence-corrected chi connectivity index (χ0v) is 12.2. The number of rotatable bonds is 3. The standard InChI is InChI=1S/C15H13ClN2O3/c1-2-21-15(20)13-11-6-7-12(19)14(11)18(17-13)10-5-3-4-9(16)8-10/h3-5,8H,2,6-7H2,1H3. The van der Waals surface area contributed by atoms with Crippen LogP contribution in [-0.4, -0.2) is 28.1 Å². The number of carbonyl (C=O) groups excluding carboxylic acids is 2. The Hall–Kier alpha value is -2.14. The smallest absolute Gasteiger partial charge is 0.359 e. The van der Waals surface area contributed by atoms with Crippen LogP contribution in [0.25, 0.3) is 5.69 Å². The molecule has 0 fully saturated rings. The third kappa shape index (κ3) is 2.34. The Morgan fingerprint density at radius 1 is 1.43 bits per heavy atom. The first-order chi connectivity index (χ1) is 10.1. The van der Waals surface area contributed by atoms with Gasteiger partial charge in [0.1, 0.15) is 5.69 Å². The SMILES string of the molecule is CCOC(=O)c1nn(-c2cccc(Cl)c2)c2c1CCC2=O. The van der Waals surface area contributed by atoms with Crippen LogP contribution in [0.4, 0.5) is 0 Å². The molecule has 5 nitrogen and oxygen atoms in total. The van der Waals surface area contributed by atoms with Crippen molar-refractivity contribution in [2.24, 2.45) is 0 Å². The lowest BCUT2D eigenvalue weighted by atomic mass is 10.2. The molecular weight excluding hydrogens is 292 g/mol. The highest BCUT2D eigenvalue weighted by Gasteiger charge is 2.32. The van der Waals surface area contributed by atoms with Crippen LogP contribution >= 0.6 is 11.6 Å². The van der Waals surface area contributed by atoms with Crippen molar-refractivity contribution in [3.05, 3.63) is 46.2 Å². The number of nitrogens with zero attached hydrogens (tertiary/aromatic N) is 2. The molecule has 1 heterocycles. The number of halogens is 1. The van der Waals surface area contributed by atoms with Gasteiger partial charge in [0, 0.05) is 17.0 Å². The number of fused-ring (bicyclic) bond motifs is 1. The predicted octanol–water partition coefficient (Wildman–Crippen LogP) is 2.83. The normalized spacial score (nSPS) is 13.3. The van der Waals surface area contributed by atoms with Crippen LogP contribution in [0, 0.1) is 0 Å². The van der Waals surface area contributed by atoms with Crippen LogP contribution in [0.5, 0.6) is 0 Å². The van der Waals surface area contributed by atoms with Gasteiger partial charge in [-0.25, -0.2) is 9.48 Å². The minimum atomic E-state index is -0.496. The molecule has 1 aliphatic carbocycles. The monoisotopic (exact) mass is 304 g/mol. The first-order valence-electron chi connectivity index (χ1n) is 6.70. The highest BCUT2D eigenvalue weighted by molar-refractivity contribution is 6.30. The van der Waals surface area contributed by atoms with Gasteiger partial charge in [-0.1, -0.05) is 17.7 Å². The quantitative estimate of drug-likeness (QED) is 0.818. The van der Waals surface area contributed by atoms with Crippen molar-refractivity contribution >= 4 is 23.4 Å². The van der Waals surface area contributed by atoms with Gasteiger partial charge in [0.05, 0.1) is 12.3 Å². The van der Waals surface area contributed by atoms with E-state index in [4.69, 9.17) is 16.3 Å². The molecular formula is C15H13ClN2O3. The molecule has 2 aromatic rings. The van der Waals surface area contributed by atoms with Crippen LogP contribution in [0.2, 0.25) is 5.02 Å². The molecule has 1 aromatic heterocycles. The first kappa shape index (κ1) is 13.8. The number of benzene rings is 1. The summed E-state index contributed by atoms with van der Waals surface area (Å²) in [4.78, 5) is 24.1. The van der Waals surface area contributed by atoms with Gasteiger partial charge >= 0.3 is 5.97 Å². The van der Waals surface area contributed by atoms with Crippen LogP contribution in [0.3, 0.4) is 0 Å². The fourth-order valence-corrected chi connectivity index (χ4v) is 2.67. The van der Waals surface area contributed by atoms with Gasteiger partial charge in [0.2, 0.25) is 0 Å². The Morgan fingerprint density at radius 2 is 2.24 bits per heavy atom. The summed E-state index contributed by atoms with van der Waals surface area (Å²) in [6, 6.07) is 7.01. The third-order valence-corrected chi connectivity index (χ3v) is 3.61. The molecule has 0 amide bonds. The highest BCUT2D eigenvalue weighted by Crippen LogP contribution is 2.29. The summed E-state index contributed by atoms with van der Waals surface area (Å²) in [5.41, 5.74) is 2.00. The topological polar surface area (TPSA) is 61.2 Å². The molecule has 0 aliphatic heterocycles. The van der Waals surface area contributed by atoms with Crippen LogP contribution in [-0.2, 0) is 11.2 Å². The Balaban J connectivity index is 2.16. The number of Topliss-reactive ketones (excluding diaryl/α,β-unsaturated/α-hetero) is 1. The molecule has 0 bridgehead atoms. The zero-order chi connectivity index (χ0) is 15.0. The lowest BCUT2D eigenvalue weighted by molar-refractivity contribution is 0.0517. The summed E-state index contributed by atoms with van der Waals surface area (Å²) in [6.45, 7) is 2.00. The fraction of sp³-hybridized carbons (Fsp3) is 0.267. The molecule has 0 radical (unpaired) electrons. The van der Waals surface area contributed by atoms with E-state index in [1.807, 2.05) is 0 Å². The maximum absolute atomic E-state index is 12.1. The van der Waals surface area contributed by atoms with Crippen molar-refractivity contribution in [3.8, 4) is 5.69 Å². The van der Waals surface area contributed by atoms with E-state index < -0.39 is 5.97 Å². The Bertz CT molecular complexity index is 737. The first-order valence-corrected chi connectivity index (χ1v) is 7.07. The number of ether oxygens (including phenoxy) is 1. The largest absolute Gasteiger partial charge is 0.461 e. The molecule has 1 aromatic carbocycles. The minimum Gasteiger partial charge on any atom is -0.461 e. The summed E-state index contributed by atoms with van der Waals surface area (Å²) in [5, 5.41) is 4.82. The van der Waals surface area contributed by atoms with Gasteiger partial charge in [-0.3, -0.25) is 4.79 Å². The summed E-state index contributed by atoms with van der Waals surface area (Å²) in [6.07, 6.45) is 0.906. The Morgan fingerprint density at radius 3 is 2.95 bits per heavy atom. The molecule has 0 spiro atoms. The highest BCUT2D eigenvalue weighted by atomic mass is 35.5. The van der Waals surface area contributed by atoms with Crippen molar-refractivity contribution in [1.29, 1.82) is 0 Å². The van der Waals surface area contributed by atoms with E-state index in [1.165, 1.54) is 4.68 Å². The maximum Gasteiger partial charge on any atom is 0.359 e. The van der Waals surface area contributed by atoms with Gasteiger partial charge in [-0.05, 0) is 31.5 Å². The van der Waals surface area contributed by atoms with E-state index in [0.29, 0.717) is 34.8 Å². The molecule has 108 valence electrons. The number of carbonyl (C=O) groups is 2. The second-order valence-electron chi connectivity index (χ2n) is 4.71. The Kier molecular flexibility index (Phi) is 3.51. The molecule has 1 aliphatic rings. The average Bonchev–Trinajstić information content (AvgIpc) is 3.00. The molecule has 0 saturated carbocycles. The van der Waals surface area contributed by atoms with Gasteiger partial charge in [0.25, 0.3) is 0 Å². The van der Waals surface area contributed by atoms with E-state index in [-0.39, 0.29) is 18.1 Å². The molecule has 0 N–H and O–H groups in total. The third-order valence-electron chi connectivity index (χ3n) is 3.37. The van der Waals surface area contributed by atoms with Crippen LogP contribution in [0.1, 0.15) is 39.9 Å². The zero-order valence-electron chi connectivity index (χ0n) is 11.4. The van der Waals surface area contributed by atoms with Crippen molar-refractivity contribution in [2.75, 3.05) is 6.61 Å². The predicted molar refractivity (Wildman–Crippen MR) is 77.2 cm³/mol. The number of hydrogen-bond acceptors (Lipinski definition) is 4. The van der Waals surface area contributed by atoms with Crippen molar-refractivity contribution in [3.63, 3.8) is 0 Å². The number of esters is 1. The molecule has 21 heavy (non-hydrogen) atoms. The molecule has 0 saturated heterocycles. The second kappa shape index (κ2) is 5.33. The van der Waals surface area contributed by atoms with E-state index in [0.717, 1.165) is 0 Å². The van der Waals surface area contributed by atoms with Gasteiger partial charge in [0.15, 0.2) is 11.5 Å². The Labute approximate surface area is 126 Å². The molecule has 3 rings (SSSR count). The van der Waals surface area contributed by atoms with E-state index in [2.05, 4.69) is 5.10 Å². The lowest BCUT2D eigenvalue weighted by Crippen LogP contribution is -2.09. The molecule has 0 unspecified atom stereocenters. The summed E-state index contributed by atoms with van der Waals surface area (Å²) < 4.78 is 6.50. The van der Waals surface area contributed by atoms with Gasteiger partial charge < -0.3 is 4.74 Å². The van der Waals surface area contributed by atoms with Crippen molar-refractivity contribution in [2.45, 2.75) is 19.8 Å². The van der Waals surface area contributed by atoms with Gasteiger partial charge in [-0.2, -0.15) is 5.10 Å². The fourth-order valence-electron chi connectivity index (χ4n) is 2.49. The minimum absolute atomic E-state index is 0.0203. The summed E-state index contributed by atoms with van der Waals surface area (Å²) >= 11 is 5.98.